The van der Waals surface area contributed by atoms with Crippen LogP contribution in [0.25, 0.3) is 0 Å². The van der Waals surface area contributed by atoms with Crippen molar-refractivity contribution in [1.82, 2.24) is 4.90 Å². The van der Waals surface area contributed by atoms with Crippen LogP contribution < -0.4 is 11.1 Å². The quantitative estimate of drug-likeness (QED) is 0.874. The van der Waals surface area contributed by atoms with Gasteiger partial charge in [0.25, 0.3) is 0 Å². The fourth-order valence-electron chi connectivity index (χ4n) is 2.94. The Balaban J connectivity index is 1.87. The van der Waals surface area contributed by atoms with Crippen molar-refractivity contribution in [2.45, 2.75) is 38.6 Å². The van der Waals surface area contributed by atoms with E-state index in [4.69, 9.17) is 5.73 Å². The van der Waals surface area contributed by atoms with E-state index >= 15 is 0 Å². The second-order valence-corrected chi connectivity index (χ2v) is 5.93. The number of carbonyl (C=O) groups excluding carboxylic acids is 1. The molecule has 1 atom stereocenters. The van der Waals surface area contributed by atoms with Crippen molar-refractivity contribution in [3.63, 3.8) is 0 Å². The number of nitrogens with zero attached hydrogens (tertiary/aromatic N) is 1. The topological polar surface area (TPSA) is 58.4 Å². The smallest absolute Gasteiger partial charge is 0.239 e. The zero-order chi connectivity index (χ0) is 15.2. The highest BCUT2D eigenvalue weighted by Gasteiger charge is 2.25. The normalized spacial score (nSPS) is 17.6. The molecule has 1 aromatic rings. The fourth-order valence-corrected chi connectivity index (χ4v) is 2.94. The molecule has 1 aliphatic heterocycles. The molecule has 1 amide bonds. The van der Waals surface area contributed by atoms with E-state index in [1.807, 2.05) is 36.2 Å². The molecule has 0 spiro atoms. The van der Waals surface area contributed by atoms with Crippen molar-refractivity contribution in [2.75, 3.05) is 25.5 Å². The van der Waals surface area contributed by atoms with Gasteiger partial charge in [-0.2, -0.15) is 0 Å². The molecule has 4 nitrogen and oxygen atoms in total. The van der Waals surface area contributed by atoms with Gasteiger partial charge in [-0.1, -0.05) is 25.5 Å². The van der Waals surface area contributed by atoms with Gasteiger partial charge in [-0.25, -0.2) is 0 Å². The number of nitrogens with two attached hydrogens (primary N) is 1. The van der Waals surface area contributed by atoms with E-state index in [2.05, 4.69) is 12.2 Å². The highest BCUT2D eigenvalue weighted by Crippen LogP contribution is 2.20. The Bertz CT molecular complexity index is 450. The van der Waals surface area contributed by atoms with Gasteiger partial charge >= 0.3 is 0 Å². The van der Waals surface area contributed by atoms with Gasteiger partial charge in [0.15, 0.2) is 0 Å². The zero-order valence-corrected chi connectivity index (χ0v) is 13.1. The summed E-state index contributed by atoms with van der Waals surface area (Å²) in [4.78, 5) is 14.4. The molecule has 0 radical (unpaired) electrons. The summed E-state index contributed by atoms with van der Waals surface area (Å²) < 4.78 is 0. The van der Waals surface area contributed by atoms with E-state index < -0.39 is 6.04 Å². The molecule has 0 unspecified atom stereocenters. The van der Waals surface area contributed by atoms with Gasteiger partial charge in [-0.3, -0.25) is 4.79 Å². The summed E-state index contributed by atoms with van der Waals surface area (Å²) in [7, 11) is 1.89. The van der Waals surface area contributed by atoms with Crippen molar-refractivity contribution in [2.24, 2.45) is 11.7 Å². The van der Waals surface area contributed by atoms with Gasteiger partial charge in [0.1, 0.15) is 0 Å². The summed E-state index contributed by atoms with van der Waals surface area (Å²) >= 11 is 0. The molecule has 4 heteroatoms. The number of hydrogen-bond acceptors (Lipinski definition) is 3. The van der Waals surface area contributed by atoms with Crippen LogP contribution in [-0.4, -0.2) is 37.0 Å². The van der Waals surface area contributed by atoms with Gasteiger partial charge in [-0.05, 0) is 42.9 Å². The minimum Gasteiger partial charge on any atom is -0.388 e. The van der Waals surface area contributed by atoms with E-state index in [-0.39, 0.29) is 5.91 Å². The van der Waals surface area contributed by atoms with Crippen LogP contribution in [0.5, 0.6) is 0 Å². The molecule has 0 saturated carbocycles. The predicted octanol–water partition coefficient (Wildman–Crippen LogP) is 2.25. The highest BCUT2D eigenvalue weighted by atomic mass is 16.2. The van der Waals surface area contributed by atoms with Crippen molar-refractivity contribution in [3.8, 4) is 0 Å². The van der Waals surface area contributed by atoms with Gasteiger partial charge in [0.2, 0.25) is 5.91 Å². The van der Waals surface area contributed by atoms with Crippen LogP contribution in [-0.2, 0) is 11.2 Å². The molecular formula is C17H27N3O. The predicted molar refractivity (Wildman–Crippen MR) is 87.3 cm³/mol. The Morgan fingerprint density at radius 1 is 1.33 bits per heavy atom. The lowest BCUT2D eigenvalue weighted by molar-refractivity contribution is -0.134. The van der Waals surface area contributed by atoms with E-state index in [9.17, 15) is 4.79 Å². The maximum atomic E-state index is 12.4. The van der Waals surface area contributed by atoms with E-state index in [1.54, 1.807) is 0 Å². The standard InChI is InChI=1S/C17H27N3O/c1-3-13-8-10-20(11-9-13)17(21)16(18)12-14-4-6-15(19-2)7-5-14/h4-7,13,16,19H,3,8-12,18H2,1-2H3/t16-/m0/s1. The number of rotatable bonds is 5. The Morgan fingerprint density at radius 3 is 2.48 bits per heavy atom. The molecule has 1 aliphatic rings. The minimum absolute atomic E-state index is 0.0993. The summed E-state index contributed by atoms with van der Waals surface area (Å²) in [6.45, 7) is 3.95. The van der Waals surface area contributed by atoms with Gasteiger partial charge in [0, 0.05) is 25.8 Å². The molecule has 1 fully saturated rings. The van der Waals surface area contributed by atoms with E-state index in [0.29, 0.717) is 6.42 Å². The Hall–Kier alpha value is -1.55. The minimum atomic E-state index is -0.427. The first-order chi connectivity index (χ1) is 10.1. The summed E-state index contributed by atoms with van der Waals surface area (Å²) in [5, 5.41) is 3.09. The largest absolute Gasteiger partial charge is 0.388 e. The van der Waals surface area contributed by atoms with Gasteiger partial charge in [0.05, 0.1) is 6.04 Å². The molecule has 1 saturated heterocycles. The fraction of sp³-hybridized carbons (Fsp3) is 0.588. The first-order valence-corrected chi connectivity index (χ1v) is 7.95. The molecule has 0 aromatic heterocycles. The number of amides is 1. The van der Waals surface area contributed by atoms with Crippen LogP contribution in [0.1, 0.15) is 31.7 Å². The molecule has 1 aromatic carbocycles. The number of anilines is 1. The second-order valence-electron chi connectivity index (χ2n) is 5.93. The van der Waals surface area contributed by atoms with E-state index in [1.165, 1.54) is 6.42 Å². The molecule has 1 heterocycles. The first-order valence-electron chi connectivity index (χ1n) is 7.95. The number of benzene rings is 1. The molecular weight excluding hydrogens is 262 g/mol. The van der Waals surface area contributed by atoms with Gasteiger partial charge in [-0.15, -0.1) is 0 Å². The van der Waals surface area contributed by atoms with Crippen LogP contribution in [0, 0.1) is 5.92 Å². The van der Waals surface area contributed by atoms with Crippen LogP contribution in [0.4, 0.5) is 5.69 Å². The zero-order valence-electron chi connectivity index (χ0n) is 13.1. The third-order valence-electron chi connectivity index (χ3n) is 4.52. The van der Waals surface area contributed by atoms with E-state index in [0.717, 1.165) is 43.1 Å². The number of piperidine rings is 1. The highest BCUT2D eigenvalue weighted by molar-refractivity contribution is 5.82. The lowest BCUT2D eigenvalue weighted by atomic mass is 9.94. The molecule has 3 N–H and O–H groups in total. The maximum absolute atomic E-state index is 12.4. The van der Waals surface area contributed by atoms with Gasteiger partial charge < -0.3 is 16.0 Å². The molecule has 21 heavy (non-hydrogen) atoms. The van der Waals surface area contributed by atoms with Crippen molar-refractivity contribution in [1.29, 1.82) is 0 Å². The lowest BCUT2D eigenvalue weighted by Gasteiger charge is -2.33. The summed E-state index contributed by atoms with van der Waals surface area (Å²) in [6.07, 6.45) is 4.06. The van der Waals surface area contributed by atoms with Crippen LogP contribution >= 0.6 is 0 Å². The van der Waals surface area contributed by atoms with Crippen molar-refractivity contribution in [3.05, 3.63) is 29.8 Å². The first kappa shape index (κ1) is 15.8. The maximum Gasteiger partial charge on any atom is 0.239 e. The Kier molecular flexibility index (Phi) is 5.62. The lowest BCUT2D eigenvalue weighted by Crippen LogP contribution is -2.48. The third-order valence-corrected chi connectivity index (χ3v) is 4.52. The van der Waals surface area contributed by atoms with Crippen molar-refractivity contribution < 1.29 is 4.79 Å². The van der Waals surface area contributed by atoms with Crippen LogP contribution in [0.3, 0.4) is 0 Å². The van der Waals surface area contributed by atoms with Crippen LogP contribution in [0.2, 0.25) is 0 Å². The number of hydrogen-bond donors (Lipinski definition) is 2. The molecule has 0 aliphatic carbocycles. The van der Waals surface area contributed by atoms with Crippen LogP contribution in [0.15, 0.2) is 24.3 Å². The third kappa shape index (κ3) is 4.21. The SMILES string of the molecule is CCC1CCN(C(=O)[C@@H](N)Cc2ccc(NC)cc2)CC1. The average Bonchev–Trinajstić information content (AvgIpc) is 2.55. The Labute approximate surface area is 127 Å². The summed E-state index contributed by atoms with van der Waals surface area (Å²) in [6, 6.07) is 7.66. The molecule has 116 valence electrons. The summed E-state index contributed by atoms with van der Waals surface area (Å²) in [5.74, 6) is 0.876. The molecule has 0 bridgehead atoms. The second kappa shape index (κ2) is 7.46. The Morgan fingerprint density at radius 2 is 1.95 bits per heavy atom. The number of nitrogens with one attached hydrogen (secondary N) is 1. The average molecular weight is 289 g/mol. The number of likely N-dealkylation sites (tertiary alicyclic amines) is 1. The number of carbonyl (C=O) groups is 1. The summed E-state index contributed by atoms with van der Waals surface area (Å²) in [5.41, 5.74) is 8.29. The molecule has 2 rings (SSSR count). The monoisotopic (exact) mass is 289 g/mol. The van der Waals surface area contributed by atoms with Crippen molar-refractivity contribution >= 4 is 11.6 Å².